The van der Waals surface area contributed by atoms with E-state index >= 15 is 0 Å². The molecule has 5 aromatic rings. The molecule has 11 heteroatoms. The van der Waals surface area contributed by atoms with Gasteiger partial charge in [-0.15, -0.1) is 11.3 Å². The highest BCUT2D eigenvalue weighted by atomic mass is 32.1. The Balaban J connectivity index is 1.49. The Hall–Kier alpha value is -5.42. The summed E-state index contributed by atoms with van der Waals surface area (Å²) in [6.07, 6.45) is 1.23. The molecule has 6 rings (SSSR count). The minimum atomic E-state index is -0.548. The van der Waals surface area contributed by atoms with Crippen molar-refractivity contribution < 1.29 is 28.9 Å². The molecule has 0 aliphatic heterocycles. The van der Waals surface area contributed by atoms with Crippen LogP contribution in [-0.2, 0) is 30.5 Å². The van der Waals surface area contributed by atoms with E-state index in [0.717, 1.165) is 50.6 Å². The van der Waals surface area contributed by atoms with Crippen molar-refractivity contribution in [2.45, 2.75) is 40.0 Å². The predicted octanol–water partition coefficient (Wildman–Crippen LogP) is 6.67. The molecule has 0 spiro atoms. The molecule has 0 bridgehead atoms. The number of carbonyl (C=O) groups is 4. The van der Waals surface area contributed by atoms with Gasteiger partial charge in [0, 0.05) is 74.3 Å². The van der Waals surface area contributed by atoms with Crippen molar-refractivity contribution in [1.29, 1.82) is 0 Å². The van der Waals surface area contributed by atoms with Gasteiger partial charge in [0.05, 0.1) is 27.3 Å². The Morgan fingerprint density at radius 1 is 0.875 bits per heavy atom. The fraction of sp³-hybridized carbons (Fsp3) is 0.243. The fourth-order valence-electron chi connectivity index (χ4n) is 6.04. The van der Waals surface area contributed by atoms with E-state index in [4.69, 9.17) is 9.68 Å². The maximum Gasteiger partial charge on any atom is 0.331 e. The van der Waals surface area contributed by atoms with E-state index in [-0.39, 0.29) is 24.0 Å². The number of benzene rings is 3. The number of thiophene rings is 1. The maximum atomic E-state index is 13.4. The number of carbonyl (C=O) groups excluding carboxylic acids is 4. The first-order valence-electron chi connectivity index (χ1n) is 15.5. The normalized spacial score (nSPS) is 15.1. The molecule has 10 nitrogen and oxygen atoms in total. The molecule has 1 atom stereocenters. The van der Waals surface area contributed by atoms with Crippen LogP contribution in [0.1, 0.15) is 65.5 Å². The van der Waals surface area contributed by atoms with Gasteiger partial charge in [0.2, 0.25) is 11.7 Å². The SMILES string of the molecule is CC(=O)ON=C(CCC(=O)N(C)C)c1ccc(-n2c3ccc(C(=O)c4cccs4)cc3c3cc4c(cc32)CC(C)C4=NOC(C)=O)cc1. The van der Waals surface area contributed by atoms with E-state index < -0.39 is 11.9 Å². The number of fused-ring (bicyclic) bond motifs is 4. The van der Waals surface area contributed by atoms with Gasteiger partial charge in [0.15, 0.2) is 0 Å². The Morgan fingerprint density at radius 3 is 2.25 bits per heavy atom. The van der Waals surface area contributed by atoms with Gasteiger partial charge in [0.1, 0.15) is 0 Å². The first-order valence-corrected chi connectivity index (χ1v) is 16.4. The van der Waals surface area contributed by atoms with Crippen LogP contribution in [0.2, 0.25) is 0 Å². The first-order chi connectivity index (χ1) is 23.0. The zero-order valence-corrected chi connectivity index (χ0v) is 28.1. The first kappa shape index (κ1) is 32.5. The van der Waals surface area contributed by atoms with Gasteiger partial charge in [0.25, 0.3) is 0 Å². The number of hydrogen-bond donors (Lipinski definition) is 0. The number of oxime groups is 2. The van der Waals surface area contributed by atoms with Gasteiger partial charge < -0.3 is 19.1 Å². The quantitative estimate of drug-likeness (QED) is 0.0753. The van der Waals surface area contributed by atoms with Crippen molar-refractivity contribution in [2.75, 3.05) is 14.1 Å². The molecule has 0 saturated heterocycles. The minimum absolute atomic E-state index is 0.0450. The Morgan fingerprint density at radius 2 is 1.58 bits per heavy atom. The second kappa shape index (κ2) is 13.4. The predicted molar refractivity (Wildman–Crippen MR) is 186 cm³/mol. The van der Waals surface area contributed by atoms with Crippen LogP contribution in [0.4, 0.5) is 0 Å². The van der Waals surface area contributed by atoms with E-state index in [1.165, 1.54) is 30.1 Å². The number of aromatic nitrogens is 1. The van der Waals surface area contributed by atoms with Crippen LogP contribution in [0.15, 0.2) is 82.4 Å². The molecule has 0 N–H and O–H groups in total. The Labute approximate surface area is 281 Å². The zero-order chi connectivity index (χ0) is 34.1. The van der Waals surface area contributed by atoms with Gasteiger partial charge in [-0.3, -0.25) is 9.59 Å². The summed E-state index contributed by atoms with van der Waals surface area (Å²) < 4.78 is 2.15. The van der Waals surface area contributed by atoms with Crippen LogP contribution in [0.25, 0.3) is 27.5 Å². The molecule has 0 fully saturated rings. The summed E-state index contributed by atoms with van der Waals surface area (Å²) in [4.78, 5) is 61.0. The second-order valence-corrected chi connectivity index (χ2v) is 13.0. The highest BCUT2D eigenvalue weighted by molar-refractivity contribution is 7.12. The topological polar surface area (TPSA) is 120 Å². The van der Waals surface area contributed by atoms with Gasteiger partial charge in [-0.25, -0.2) is 9.59 Å². The monoisotopic (exact) mass is 662 g/mol. The highest BCUT2D eigenvalue weighted by Gasteiger charge is 2.29. The van der Waals surface area contributed by atoms with Crippen LogP contribution in [-0.4, -0.2) is 58.6 Å². The van der Waals surface area contributed by atoms with E-state index in [1.807, 2.05) is 60.0 Å². The fourth-order valence-corrected chi connectivity index (χ4v) is 6.73. The summed E-state index contributed by atoms with van der Waals surface area (Å²) in [6, 6.07) is 21.4. The van der Waals surface area contributed by atoms with Gasteiger partial charge in [-0.05, 0) is 71.5 Å². The molecule has 0 saturated carbocycles. The molecule has 2 heterocycles. The van der Waals surface area contributed by atoms with E-state index in [1.54, 1.807) is 14.1 Å². The average molecular weight is 663 g/mol. The summed E-state index contributed by atoms with van der Waals surface area (Å²) in [5.74, 6) is -1.08. The van der Waals surface area contributed by atoms with Gasteiger partial charge in [-0.1, -0.05) is 35.4 Å². The lowest BCUT2D eigenvalue weighted by Gasteiger charge is -2.12. The lowest BCUT2D eigenvalue weighted by molar-refractivity contribution is -0.141. The molecule has 1 amide bonds. The number of hydrogen-bond acceptors (Lipinski definition) is 9. The summed E-state index contributed by atoms with van der Waals surface area (Å²) in [5.41, 5.74) is 7.22. The van der Waals surface area contributed by atoms with E-state index in [0.29, 0.717) is 28.3 Å². The molecule has 1 unspecified atom stereocenters. The molecule has 1 aliphatic carbocycles. The largest absolute Gasteiger partial charge is 0.349 e. The second-order valence-electron chi connectivity index (χ2n) is 12.0. The van der Waals surface area contributed by atoms with Crippen molar-refractivity contribution in [3.05, 3.63) is 99.2 Å². The van der Waals surface area contributed by atoms with Crippen LogP contribution in [0.5, 0.6) is 0 Å². The van der Waals surface area contributed by atoms with Gasteiger partial charge >= 0.3 is 11.9 Å². The summed E-state index contributed by atoms with van der Waals surface area (Å²) in [5, 5.41) is 12.0. The van der Waals surface area contributed by atoms with Crippen molar-refractivity contribution in [3.63, 3.8) is 0 Å². The van der Waals surface area contributed by atoms with E-state index in [2.05, 4.69) is 33.9 Å². The third-order valence-electron chi connectivity index (χ3n) is 8.36. The molecular formula is C37H34N4O6S. The zero-order valence-electron chi connectivity index (χ0n) is 27.3. The third kappa shape index (κ3) is 6.41. The molecule has 2 aromatic heterocycles. The van der Waals surface area contributed by atoms with Crippen LogP contribution in [0.3, 0.4) is 0 Å². The molecule has 0 radical (unpaired) electrons. The van der Waals surface area contributed by atoms with Crippen molar-refractivity contribution in [1.82, 2.24) is 9.47 Å². The lowest BCUT2D eigenvalue weighted by atomic mass is 10.0. The number of ketones is 1. The molecule has 3 aromatic carbocycles. The smallest absolute Gasteiger partial charge is 0.331 e. The summed E-state index contributed by atoms with van der Waals surface area (Å²) >= 11 is 1.41. The number of nitrogens with zero attached hydrogens (tertiary/aromatic N) is 4. The third-order valence-corrected chi connectivity index (χ3v) is 9.22. The minimum Gasteiger partial charge on any atom is -0.349 e. The van der Waals surface area contributed by atoms with E-state index in [9.17, 15) is 19.2 Å². The van der Waals surface area contributed by atoms with Crippen molar-refractivity contribution in [3.8, 4) is 5.69 Å². The Bertz CT molecular complexity index is 2140. The summed E-state index contributed by atoms with van der Waals surface area (Å²) in [6.45, 7) is 4.66. The van der Waals surface area contributed by atoms with Crippen LogP contribution >= 0.6 is 11.3 Å². The highest BCUT2D eigenvalue weighted by Crippen LogP contribution is 2.38. The van der Waals surface area contributed by atoms with Crippen LogP contribution in [0, 0.1) is 5.92 Å². The van der Waals surface area contributed by atoms with Crippen molar-refractivity contribution in [2.24, 2.45) is 16.2 Å². The van der Waals surface area contributed by atoms with Gasteiger partial charge in [-0.2, -0.15) is 0 Å². The number of rotatable bonds is 9. The lowest BCUT2D eigenvalue weighted by Crippen LogP contribution is -2.22. The van der Waals surface area contributed by atoms with Crippen molar-refractivity contribution >= 4 is 68.2 Å². The standard InChI is InChI=1S/C37H34N4O6S/c1-21-17-26-19-33-30(20-28(26)36(21)39-47-23(3)43)29-18-25(37(45)34-7-6-16-48-34)10-14-32(29)41(33)27-11-8-24(9-12-27)31(38-46-22(2)42)13-15-35(44)40(4)5/h6-12,14,16,18-21H,13,15,17H2,1-5H3. The number of amides is 1. The molecule has 48 heavy (non-hydrogen) atoms. The maximum absolute atomic E-state index is 13.4. The molecule has 244 valence electrons. The summed E-state index contributed by atoms with van der Waals surface area (Å²) in [7, 11) is 3.38. The molecule has 1 aliphatic rings. The van der Waals surface area contributed by atoms with Crippen LogP contribution < -0.4 is 0 Å². The Kier molecular flexibility index (Phi) is 9.05. The average Bonchev–Trinajstić information content (AvgIpc) is 3.78. The molecular weight excluding hydrogens is 628 g/mol.